The summed E-state index contributed by atoms with van der Waals surface area (Å²) < 4.78 is 0. The van der Waals surface area contributed by atoms with Crippen molar-refractivity contribution in [3.8, 4) is 0 Å². The fourth-order valence-electron chi connectivity index (χ4n) is 2.52. The van der Waals surface area contributed by atoms with E-state index < -0.39 is 5.91 Å². The van der Waals surface area contributed by atoms with Crippen LogP contribution in [0.15, 0.2) is 24.5 Å². The number of nitrogens with zero attached hydrogens (tertiary/aromatic N) is 3. The van der Waals surface area contributed by atoms with Gasteiger partial charge < -0.3 is 9.80 Å². The van der Waals surface area contributed by atoms with Crippen LogP contribution in [-0.2, 0) is 16.0 Å². The third kappa shape index (κ3) is 4.55. The molecule has 1 aromatic heterocycles. The van der Waals surface area contributed by atoms with Crippen molar-refractivity contribution < 1.29 is 9.59 Å². The van der Waals surface area contributed by atoms with E-state index in [1.54, 1.807) is 24.3 Å². The smallest absolute Gasteiger partial charge is 0.312 e. The van der Waals surface area contributed by atoms with E-state index in [1.165, 1.54) is 4.90 Å². The van der Waals surface area contributed by atoms with Gasteiger partial charge in [0.25, 0.3) is 0 Å². The van der Waals surface area contributed by atoms with Crippen molar-refractivity contribution in [2.45, 2.75) is 32.1 Å². The summed E-state index contributed by atoms with van der Waals surface area (Å²) in [7, 11) is 1.69. The third-order valence-electron chi connectivity index (χ3n) is 3.91. The second kappa shape index (κ2) is 7.76. The number of amides is 2. The highest BCUT2D eigenvalue weighted by Crippen LogP contribution is 2.10. The van der Waals surface area contributed by atoms with E-state index in [0.717, 1.165) is 37.7 Å². The van der Waals surface area contributed by atoms with Crippen molar-refractivity contribution in [1.82, 2.24) is 14.8 Å². The van der Waals surface area contributed by atoms with E-state index in [9.17, 15) is 9.59 Å². The highest BCUT2D eigenvalue weighted by molar-refractivity contribution is 6.34. The van der Waals surface area contributed by atoms with E-state index in [1.807, 2.05) is 12.1 Å². The van der Waals surface area contributed by atoms with Crippen LogP contribution < -0.4 is 0 Å². The molecule has 0 aromatic carbocycles. The molecule has 0 aliphatic carbocycles. The zero-order valence-corrected chi connectivity index (χ0v) is 12.6. The lowest BCUT2D eigenvalue weighted by molar-refractivity contribution is -0.151. The molecule has 2 amide bonds. The average Bonchev–Trinajstić information content (AvgIpc) is 2.81. The molecule has 114 valence electrons. The van der Waals surface area contributed by atoms with Crippen molar-refractivity contribution in [3.05, 3.63) is 30.1 Å². The Morgan fingerprint density at radius 2 is 1.76 bits per heavy atom. The van der Waals surface area contributed by atoms with Gasteiger partial charge in [0.05, 0.1) is 0 Å². The number of rotatable bonds is 3. The Balaban J connectivity index is 1.84. The van der Waals surface area contributed by atoms with E-state index in [4.69, 9.17) is 0 Å². The molecule has 1 aromatic rings. The highest BCUT2D eigenvalue weighted by atomic mass is 16.2. The number of hydrogen-bond donors (Lipinski definition) is 0. The van der Waals surface area contributed by atoms with Gasteiger partial charge in [0, 0.05) is 39.1 Å². The quantitative estimate of drug-likeness (QED) is 0.792. The zero-order valence-electron chi connectivity index (χ0n) is 12.6. The molecule has 1 saturated heterocycles. The maximum Gasteiger partial charge on any atom is 0.312 e. The minimum Gasteiger partial charge on any atom is -0.337 e. The Morgan fingerprint density at radius 1 is 1.14 bits per heavy atom. The SMILES string of the molecule is CN(CCc1ccncc1)C(=O)C(=O)N1CCCCCC1. The predicted octanol–water partition coefficient (Wildman–Crippen LogP) is 1.49. The number of hydrogen-bond acceptors (Lipinski definition) is 3. The highest BCUT2D eigenvalue weighted by Gasteiger charge is 2.25. The summed E-state index contributed by atoms with van der Waals surface area (Å²) in [5, 5.41) is 0. The third-order valence-corrected chi connectivity index (χ3v) is 3.91. The summed E-state index contributed by atoms with van der Waals surface area (Å²) in [4.78, 5) is 31.6. The van der Waals surface area contributed by atoms with Crippen molar-refractivity contribution in [1.29, 1.82) is 0 Å². The number of likely N-dealkylation sites (tertiary alicyclic amines) is 1. The fourth-order valence-corrected chi connectivity index (χ4v) is 2.52. The topological polar surface area (TPSA) is 53.5 Å². The predicted molar refractivity (Wildman–Crippen MR) is 80.6 cm³/mol. The summed E-state index contributed by atoms with van der Waals surface area (Å²) in [5.74, 6) is -0.750. The van der Waals surface area contributed by atoms with Crippen molar-refractivity contribution in [3.63, 3.8) is 0 Å². The first-order valence-electron chi connectivity index (χ1n) is 7.62. The molecule has 5 nitrogen and oxygen atoms in total. The van der Waals surface area contributed by atoms with Crippen LogP contribution in [0.1, 0.15) is 31.2 Å². The molecule has 0 N–H and O–H groups in total. The molecular formula is C16H23N3O2. The Labute approximate surface area is 126 Å². The largest absolute Gasteiger partial charge is 0.337 e. The molecule has 0 bridgehead atoms. The summed E-state index contributed by atoms with van der Waals surface area (Å²) in [6, 6.07) is 3.85. The maximum absolute atomic E-state index is 12.2. The number of carbonyl (C=O) groups is 2. The van der Waals surface area contributed by atoms with Crippen LogP contribution >= 0.6 is 0 Å². The molecule has 1 aliphatic rings. The van der Waals surface area contributed by atoms with E-state index in [0.29, 0.717) is 19.6 Å². The van der Waals surface area contributed by atoms with Gasteiger partial charge in [-0.2, -0.15) is 0 Å². The van der Waals surface area contributed by atoms with Crippen molar-refractivity contribution in [2.75, 3.05) is 26.7 Å². The van der Waals surface area contributed by atoms with Gasteiger partial charge in [0.15, 0.2) is 0 Å². The molecule has 0 radical (unpaired) electrons. The first-order valence-corrected chi connectivity index (χ1v) is 7.62. The summed E-state index contributed by atoms with van der Waals surface area (Å²) in [5.41, 5.74) is 1.12. The first kappa shape index (κ1) is 15.5. The molecular weight excluding hydrogens is 266 g/mol. The monoisotopic (exact) mass is 289 g/mol. The Kier molecular flexibility index (Phi) is 5.72. The molecule has 1 fully saturated rings. The van der Waals surface area contributed by atoms with Gasteiger partial charge in [-0.1, -0.05) is 12.8 Å². The van der Waals surface area contributed by atoms with Gasteiger partial charge in [-0.15, -0.1) is 0 Å². The molecule has 0 saturated carbocycles. The number of aromatic nitrogens is 1. The second-order valence-electron chi connectivity index (χ2n) is 5.54. The zero-order chi connectivity index (χ0) is 15.1. The standard InChI is InChI=1S/C16H23N3O2/c1-18(13-8-14-6-9-17-10-7-14)15(20)16(21)19-11-4-2-3-5-12-19/h6-7,9-10H,2-5,8,11-13H2,1H3. The van der Waals surface area contributed by atoms with Crippen molar-refractivity contribution in [2.24, 2.45) is 0 Å². The fraction of sp³-hybridized carbons (Fsp3) is 0.562. The Morgan fingerprint density at radius 3 is 2.38 bits per heavy atom. The van der Waals surface area contributed by atoms with Crippen LogP contribution in [0.4, 0.5) is 0 Å². The molecule has 0 spiro atoms. The van der Waals surface area contributed by atoms with Crippen LogP contribution in [0.25, 0.3) is 0 Å². The maximum atomic E-state index is 12.2. The van der Waals surface area contributed by atoms with Gasteiger partial charge in [-0.25, -0.2) is 0 Å². The average molecular weight is 289 g/mol. The van der Waals surface area contributed by atoms with Crippen molar-refractivity contribution >= 4 is 11.8 Å². The van der Waals surface area contributed by atoms with Crippen LogP contribution in [-0.4, -0.2) is 53.3 Å². The summed E-state index contributed by atoms with van der Waals surface area (Å²) in [6.45, 7) is 1.97. The van der Waals surface area contributed by atoms with Crippen LogP contribution in [0.3, 0.4) is 0 Å². The van der Waals surface area contributed by atoms with Crippen LogP contribution in [0, 0.1) is 0 Å². The minimum atomic E-state index is -0.397. The summed E-state index contributed by atoms with van der Waals surface area (Å²) >= 11 is 0. The number of likely N-dealkylation sites (N-methyl/N-ethyl adjacent to an activating group) is 1. The summed E-state index contributed by atoms with van der Waals surface area (Å²) in [6.07, 6.45) is 8.50. The van der Waals surface area contributed by atoms with Gasteiger partial charge in [-0.3, -0.25) is 14.6 Å². The molecule has 5 heteroatoms. The van der Waals surface area contributed by atoms with E-state index in [2.05, 4.69) is 4.98 Å². The molecule has 1 aliphatic heterocycles. The van der Waals surface area contributed by atoms with Gasteiger partial charge in [0.1, 0.15) is 0 Å². The first-order chi connectivity index (χ1) is 10.2. The lowest BCUT2D eigenvalue weighted by Crippen LogP contribution is -2.44. The second-order valence-corrected chi connectivity index (χ2v) is 5.54. The van der Waals surface area contributed by atoms with Crippen LogP contribution in [0.5, 0.6) is 0 Å². The lowest BCUT2D eigenvalue weighted by Gasteiger charge is -2.23. The molecule has 0 unspecified atom stereocenters. The Bertz CT molecular complexity index is 468. The van der Waals surface area contributed by atoms with Gasteiger partial charge >= 0.3 is 11.8 Å². The van der Waals surface area contributed by atoms with Gasteiger partial charge in [0.2, 0.25) is 0 Å². The normalized spacial score (nSPS) is 15.4. The van der Waals surface area contributed by atoms with E-state index in [-0.39, 0.29) is 5.91 Å². The number of pyridine rings is 1. The molecule has 21 heavy (non-hydrogen) atoms. The van der Waals surface area contributed by atoms with E-state index >= 15 is 0 Å². The molecule has 2 rings (SSSR count). The Hall–Kier alpha value is -1.91. The molecule has 2 heterocycles. The van der Waals surface area contributed by atoms with Gasteiger partial charge in [-0.05, 0) is 37.0 Å². The van der Waals surface area contributed by atoms with Crippen LogP contribution in [0.2, 0.25) is 0 Å². The minimum absolute atomic E-state index is 0.353. The molecule has 0 atom stereocenters. The number of carbonyl (C=O) groups excluding carboxylic acids is 2. The lowest BCUT2D eigenvalue weighted by atomic mass is 10.2.